The van der Waals surface area contributed by atoms with Crippen molar-refractivity contribution in [1.82, 2.24) is 5.32 Å². The fourth-order valence-corrected chi connectivity index (χ4v) is 3.67. The van der Waals surface area contributed by atoms with Crippen molar-refractivity contribution in [1.29, 1.82) is 0 Å². The second-order valence-corrected chi connectivity index (χ2v) is 7.40. The molecule has 4 atom stereocenters. The molecule has 2 aliphatic rings. The lowest BCUT2D eigenvalue weighted by atomic mass is 9.96. The molecule has 0 aromatic heterocycles. The first kappa shape index (κ1) is 17.0. The molecule has 0 saturated heterocycles. The molecule has 2 aromatic rings. The molecule has 0 bridgehead atoms. The van der Waals surface area contributed by atoms with Crippen LogP contribution in [-0.2, 0) is 4.79 Å². The van der Waals surface area contributed by atoms with Gasteiger partial charge in [-0.2, -0.15) is 0 Å². The fourth-order valence-electron chi connectivity index (χ4n) is 3.67. The number of carbonyl (C=O) groups is 1. The number of carbonyl (C=O) groups excluding carboxylic acids is 1. The van der Waals surface area contributed by atoms with Gasteiger partial charge in [-0.15, -0.1) is 0 Å². The second-order valence-electron chi connectivity index (χ2n) is 7.40. The van der Waals surface area contributed by atoms with Crippen molar-refractivity contribution in [3.05, 3.63) is 59.7 Å². The zero-order chi connectivity index (χ0) is 18.1. The maximum atomic E-state index is 13.0. The van der Waals surface area contributed by atoms with Gasteiger partial charge < -0.3 is 14.8 Å². The van der Waals surface area contributed by atoms with E-state index < -0.39 is 0 Å². The molecule has 136 valence electrons. The molecule has 4 unspecified atom stereocenters. The van der Waals surface area contributed by atoms with Gasteiger partial charge in [-0.25, -0.2) is 0 Å². The van der Waals surface area contributed by atoms with Crippen LogP contribution in [0.3, 0.4) is 0 Å². The molecule has 1 fully saturated rings. The Bertz CT molecular complexity index is 789. The molecule has 4 heteroatoms. The van der Waals surface area contributed by atoms with E-state index in [0.717, 1.165) is 23.5 Å². The molecular weight excluding hydrogens is 326 g/mol. The van der Waals surface area contributed by atoms with Crippen LogP contribution in [0.1, 0.15) is 43.4 Å². The first-order valence-electron chi connectivity index (χ1n) is 9.38. The lowest BCUT2D eigenvalue weighted by molar-refractivity contribution is -0.123. The van der Waals surface area contributed by atoms with E-state index in [-0.39, 0.29) is 17.9 Å². The molecule has 1 heterocycles. The standard InChI is InChI=1S/C22H25NO3/c1-14-12-18(14)21(16-6-4-3-5-7-16)23-22(24)15(2)17-8-9-19-20(13-17)26-11-10-25-19/h3-9,13-15,18,21H,10-12H2,1-2H3,(H,23,24). The molecular formula is C22H25NO3. The highest BCUT2D eigenvalue weighted by Gasteiger charge is 2.41. The van der Waals surface area contributed by atoms with Crippen LogP contribution >= 0.6 is 0 Å². The van der Waals surface area contributed by atoms with Gasteiger partial charge in [0.2, 0.25) is 5.91 Å². The van der Waals surface area contributed by atoms with Gasteiger partial charge in [0.15, 0.2) is 11.5 Å². The van der Waals surface area contributed by atoms with E-state index in [9.17, 15) is 4.79 Å². The number of hydrogen-bond donors (Lipinski definition) is 1. The summed E-state index contributed by atoms with van der Waals surface area (Å²) in [5.41, 5.74) is 2.13. The lowest BCUT2D eigenvalue weighted by Gasteiger charge is -2.23. The first-order valence-corrected chi connectivity index (χ1v) is 9.38. The smallest absolute Gasteiger partial charge is 0.227 e. The summed E-state index contributed by atoms with van der Waals surface area (Å²) in [6, 6.07) is 16.1. The summed E-state index contributed by atoms with van der Waals surface area (Å²) in [6.45, 7) is 5.31. The molecule has 0 radical (unpaired) electrons. The van der Waals surface area contributed by atoms with Crippen LogP contribution in [0, 0.1) is 11.8 Å². The molecule has 1 aliphatic heterocycles. The molecule has 4 rings (SSSR count). The van der Waals surface area contributed by atoms with E-state index in [1.54, 1.807) is 0 Å². The van der Waals surface area contributed by atoms with Crippen LogP contribution in [0.15, 0.2) is 48.5 Å². The third-order valence-corrected chi connectivity index (χ3v) is 5.52. The van der Waals surface area contributed by atoms with Crippen LogP contribution in [-0.4, -0.2) is 19.1 Å². The Kier molecular flexibility index (Phi) is 4.58. The molecule has 1 saturated carbocycles. The van der Waals surface area contributed by atoms with E-state index in [2.05, 4.69) is 24.4 Å². The van der Waals surface area contributed by atoms with Gasteiger partial charge >= 0.3 is 0 Å². The van der Waals surface area contributed by atoms with Crippen LogP contribution in [0.5, 0.6) is 11.5 Å². The van der Waals surface area contributed by atoms with Crippen molar-refractivity contribution in [2.45, 2.75) is 32.2 Å². The quantitative estimate of drug-likeness (QED) is 0.883. The Morgan fingerprint density at radius 2 is 1.73 bits per heavy atom. The average molecular weight is 351 g/mol. The minimum atomic E-state index is -0.244. The van der Waals surface area contributed by atoms with Crippen molar-refractivity contribution in [2.24, 2.45) is 11.8 Å². The molecule has 0 spiro atoms. The highest BCUT2D eigenvalue weighted by molar-refractivity contribution is 5.84. The first-order chi connectivity index (χ1) is 12.6. The highest BCUT2D eigenvalue weighted by Crippen LogP contribution is 2.47. The number of rotatable bonds is 5. The normalized spacial score (nSPS) is 23.0. The van der Waals surface area contributed by atoms with E-state index >= 15 is 0 Å². The topological polar surface area (TPSA) is 47.6 Å². The van der Waals surface area contributed by atoms with Crippen molar-refractivity contribution in [2.75, 3.05) is 13.2 Å². The SMILES string of the molecule is CC(C(=O)NC(c1ccccc1)C1CC1C)c1ccc2c(c1)OCCO2. The van der Waals surface area contributed by atoms with Gasteiger partial charge in [-0.1, -0.05) is 43.3 Å². The Labute approximate surface area is 154 Å². The van der Waals surface area contributed by atoms with E-state index in [0.29, 0.717) is 25.0 Å². The predicted molar refractivity (Wildman–Crippen MR) is 100 cm³/mol. The highest BCUT2D eigenvalue weighted by atomic mass is 16.6. The van der Waals surface area contributed by atoms with Gasteiger partial charge in [0, 0.05) is 0 Å². The molecule has 1 amide bonds. The summed E-state index contributed by atoms with van der Waals surface area (Å²) < 4.78 is 11.2. The van der Waals surface area contributed by atoms with Crippen molar-refractivity contribution in [3.63, 3.8) is 0 Å². The third-order valence-electron chi connectivity index (χ3n) is 5.52. The van der Waals surface area contributed by atoms with E-state index in [1.807, 2.05) is 43.3 Å². The Balaban J connectivity index is 1.51. The van der Waals surface area contributed by atoms with Crippen LogP contribution in [0.2, 0.25) is 0 Å². The molecule has 4 nitrogen and oxygen atoms in total. The maximum absolute atomic E-state index is 13.0. The Morgan fingerprint density at radius 1 is 1.04 bits per heavy atom. The van der Waals surface area contributed by atoms with Gasteiger partial charge in [0.25, 0.3) is 0 Å². The van der Waals surface area contributed by atoms with Gasteiger partial charge in [-0.3, -0.25) is 4.79 Å². The van der Waals surface area contributed by atoms with E-state index in [4.69, 9.17) is 9.47 Å². The van der Waals surface area contributed by atoms with Crippen LogP contribution in [0.4, 0.5) is 0 Å². The monoisotopic (exact) mass is 351 g/mol. The molecule has 2 aromatic carbocycles. The zero-order valence-electron chi connectivity index (χ0n) is 15.3. The lowest BCUT2D eigenvalue weighted by Crippen LogP contribution is -2.33. The summed E-state index contributed by atoms with van der Waals surface area (Å²) in [4.78, 5) is 13.0. The number of nitrogens with one attached hydrogen (secondary N) is 1. The van der Waals surface area contributed by atoms with Crippen molar-refractivity contribution in [3.8, 4) is 11.5 Å². The number of hydrogen-bond acceptors (Lipinski definition) is 3. The number of ether oxygens (including phenoxy) is 2. The van der Waals surface area contributed by atoms with Crippen molar-refractivity contribution >= 4 is 5.91 Å². The number of amides is 1. The zero-order valence-corrected chi connectivity index (χ0v) is 15.3. The van der Waals surface area contributed by atoms with Crippen LogP contribution in [0.25, 0.3) is 0 Å². The van der Waals surface area contributed by atoms with E-state index in [1.165, 1.54) is 5.56 Å². The van der Waals surface area contributed by atoms with Gasteiger partial charge in [-0.05, 0) is 48.4 Å². The summed E-state index contributed by atoms with van der Waals surface area (Å²) >= 11 is 0. The summed E-state index contributed by atoms with van der Waals surface area (Å²) in [6.07, 6.45) is 1.16. The molecule has 26 heavy (non-hydrogen) atoms. The number of benzene rings is 2. The minimum Gasteiger partial charge on any atom is -0.486 e. The maximum Gasteiger partial charge on any atom is 0.227 e. The average Bonchev–Trinajstić information content (AvgIpc) is 3.41. The van der Waals surface area contributed by atoms with Crippen LogP contribution < -0.4 is 14.8 Å². The molecule has 1 N–H and O–H groups in total. The van der Waals surface area contributed by atoms with Gasteiger partial charge in [0.05, 0.1) is 12.0 Å². The number of fused-ring (bicyclic) bond motifs is 1. The van der Waals surface area contributed by atoms with Crippen molar-refractivity contribution < 1.29 is 14.3 Å². The Morgan fingerprint density at radius 3 is 2.42 bits per heavy atom. The predicted octanol–water partition coefficient (Wildman–Crippen LogP) is 4.07. The summed E-state index contributed by atoms with van der Waals surface area (Å²) in [5.74, 6) is 2.46. The summed E-state index contributed by atoms with van der Waals surface area (Å²) in [7, 11) is 0. The Hall–Kier alpha value is -2.49. The minimum absolute atomic E-state index is 0.0506. The third kappa shape index (κ3) is 3.41. The largest absolute Gasteiger partial charge is 0.486 e. The summed E-state index contributed by atoms with van der Waals surface area (Å²) in [5, 5.41) is 3.29. The molecule has 1 aliphatic carbocycles. The second kappa shape index (κ2) is 7.02. The van der Waals surface area contributed by atoms with Gasteiger partial charge in [0.1, 0.15) is 13.2 Å². The fraction of sp³-hybridized carbons (Fsp3) is 0.409.